The molecule has 0 amide bonds. The highest BCUT2D eigenvalue weighted by molar-refractivity contribution is 7.99. The van der Waals surface area contributed by atoms with Gasteiger partial charge in [-0.2, -0.15) is 4.98 Å². The number of aryl methyl sites for hydroxylation is 1. The number of benzene rings is 1. The van der Waals surface area contributed by atoms with Gasteiger partial charge in [0, 0.05) is 44.0 Å². The smallest absolute Gasteiger partial charge is 0.227 e. The summed E-state index contributed by atoms with van der Waals surface area (Å²) in [4.78, 5) is 15.0. The van der Waals surface area contributed by atoms with E-state index in [0.717, 1.165) is 54.9 Å². The van der Waals surface area contributed by atoms with Gasteiger partial charge in [0.15, 0.2) is 0 Å². The van der Waals surface area contributed by atoms with Crippen LogP contribution in [0.15, 0.2) is 35.2 Å². The summed E-state index contributed by atoms with van der Waals surface area (Å²) in [5.41, 5.74) is 8.50. The standard InChI is InChI=1S/C16H19N5S/c17-15-14-13(6-11-22-14)18-16(19-15)21-9-7-20(8-10-21)12-4-2-1-3-5-12/h1-5H,6-11H2,(H2,17,18,19). The molecule has 3 heterocycles. The average Bonchev–Trinajstić information content (AvgIpc) is 3.05. The first kappa shape index (κ1) is 13.7. The van der Waals surface area contributed by atoms with Crippen LogP contribution in [0, 0.1) is 0 Å². The van der Waals surface area contributed by atoms with Crippen LogP contribution in [0.4, 0.5) is 17.5 Å². The third kappa shape index (κ3) is 2.47. The predicted molar refractivity (Wildman–Crippen MR) is 91.7 cm³/mol. The number of fused-ring (bicyclic) bond motifs is 1. The van der Waals surface area contributed by atoms with Gasteiger partial charge in [-0.05, 0) is 12.1 Å². The zero-order valence-electron chi connectivity index (χ0n) is 12.4. The number of aromatic nitrogens is 2. The SMILES string of the molecule is Nc1nc(N2CCN(c3ccccc3)CC2)nc2c1SCC2. The number of nitrogens with two attached hydrogens (primary N) is 1. The topological polar surface area (TPSA) is 58.3 Å². The third-order valence-electron chi connectivity index (χ3n) is 4.22. The van der Waals surface area contributed by atoms with Gasteiger partial charge in [0.25, 0.3) is 0 Å². The molecule has 114 valence electrons. The van der Waals surface area contributed by atoms with E-state index in [2.05, 4.69) is 45.1 Å². The molecule has 6 heteroatoms. The Morgan fingerprint density at radius 3 is 2.45 bits per heavy atom. The van der Waals surface area contributed by atoms with Gasteiger partial charge in [-0.3, -0.25) is 0 Å². The summed E-state index contributed by atoms with van der Waals surface area (Å²) >= 11 is 1.77. The van der Waals surface area contributed by atoms with E-state index >= 15 is 0 Å². The first-order valence-electron chi connectivity index (χ1n) is 7.65. The van der Waals surface area contributed by atoms with Crippen LogP contribution in [0.3, 0.4) is 0 Å². The lowest BCUT2D eigenvalue weighted by Gasteiger charge is -2.36. The van der Waals surface area contributed by atoms with Gasteiger partial charge in [-0.1, -0.05) is 18.2 Å². The van der Waals surface area contributed by atoms with Crippen molar-refractivity contribution in [3.8, 4) is 0 Å². The number of anilines is 3. The second-order valence-corrected chi connectivity index (χ2v) is 6.70. The van der Waals surface area contributed by atoms with E-state index < -0.39 is 0 Å². The van der Waals surface area contributed by atoms with Gasteiger partial charge in [0.1, 0.15) is 5.82 Å². The highest BCUT2D eigenvalue weighted by atomic mass is 32.2. The molecule has 1 saturated heterocycles. The van der Waals surface area contributed by atoms with Crippen LogP contribution in [-0.4, -0.2) is 41.9 Å². The van der Waals surface area contributed by atoms with Crippen molar-refractivity contribution in [1.29, 1.82) is 0 Å². The highest BCUT2D eigenvalue weighted by Gasteiger charge is 2.23. The third-order valence-corrected chi connectivity index (χ3v) is 5.36. The van der Waals surface area contributed by atoms with Gasteiger partial charge in [0.05, 0.1) is 10.6 Å². The normalized spacial score (nSPS) is 17.6. The Labute approximate surface area is 134 Å². The van der Waals surface area contributed by atoms with Gasteiger partial charge in [-0.15, -0.1) is 11.8 Å². The zero-order chi connectivity index (χ0) is 14.9. The molecule has 2 N–H and O–H groups in total. The maximum absolute atomic E-state index is 6.09. The molecule has 22 heavy (non-hydrogen) atoms. The molecular weight excluding hydrogens is 294 g/mol. The summed E-state index contributed by atoms with van der Waals surface area (Å²) < 4.78 is 0. The summed E-state index contributed by atoms with van der Waals surface area (Å²) in [6.07, 6.45) is 1.00. The van der Waals surface area contributed by atoms with Crippen molar-refractivity contribution in [2.45, 2.75) is 11.3 Å². The van der Waals surface area contributed by atoms with Crippen LogP contribution in [0.2, 0.25) is 0 Å². The van der Waals surface area contributed by atoms with Crippen molar-refractivity contribution in [3.63, 3.8) is 0 Å². The van der Waals surface area contributed by atoms with Gasteiger partial charge >= 0.3 is 0 Å². The van der Waals surface area contributed by atoms with E-state index in [1.165, 1.54) is 5.69 Å². The fourth-order valence-electron chi connectivity index (χ4n) is 3.02. The Hall–Kier alpha value is -1.95. The molecule has 0 saturated carbocycles. The molecule has 0 radical (unpaired) electrons. The van der Waals surface area contributed by atoms with Crippen LogP contribution >= 0.6 is 11.8 Å². The molecule has 4 rings (SSSR count). The largest absolute Gasteiger partial charge is 0.383 e. The second kappa shape index (κ2) is 5.68. The minimum atomic E-state index is 0.646. The fraction of sp³-hybridized carbons (Fsp3) is 0.375. The lowest BCUT2D eigenvalue weighted by Crippen LogP contribution is -2.47. The molecule has 1 aromatic heterocycles. The van der Waals surface area contributed by atoms with Crippen LogP contribution in [0.1, 0.15) is 5.69 Å². The molecule has 0 bridgehead atoms. The molecule has 5 nitrogen and oxygen atoms in total. The molecule has 0 atom stereocenters. The van der Waals surface area contributed by atoms with Crippen molar-refractivity contribution in [2.75, 3.05) is 47.5 Å². The van der Waals surface area contributed by atoms with E-state index in [1.54, 1.807) is 11.8 Å². The van der Waals surface area contributed by atoms with Crippen molar-refractivity contribution in [1.82, 2.24) is 9.97 Å². The monoisotopic (exact) mass is 313 g/mol. The summed E-state index contributed by atoms with van der Waals surface area (Å²) in [7, 11) is 0. The zero-order valence-corrected chi connectivity index (χ0v) is 13.2. The van der Waals surface area contributed by atoms with Gasteiger partial charge in [0.2, 0.25) is 5.95 Å². The fourth-order valence-corrected chi connectivity index (χ4v) is 4.03. The van der Waals surface area contributed by atoms with Crippen molar-refractivity contribution < 1.29 is 0 Å². The molecule has 0 spiro atoms. The minimum Gasteiger partial charge on any atom is -0.383 e. The van der Waals surface area contributed by atoms with E-state index in [-0.39, 0.29) is 0 Å². The lowest BCUT2D eigenvalue weighted by molar-refractivity contribution is 0.638. The number of nitrogens with zero attached hydrogens (tertiary/aromatic N) is 4. The molecule has 1 fully saturated rings. The predicted octanol–water partition coefficient (Wildman–Crippen LogP) is 2.03. The van der Waals surface area contributed by atoms with Crippen molar-refractivity contribution in [3.05, 3.63) is 36.0 Å². The van der Waals surface area contributed by atoms with E-state index in [1.807, 2.05) is 0 Å². The summed E-state index contributed by atoms with van der Waals surface area (Å²) in [6.45, 7) is 3.83. The van der Waals surface area contributed by atoms with E-state index in [4.69, 9.17) is 10.7 Å². The molecule has 1 aromatic carbocycles. The average molecular weight is 313 g/mol. The van der Waals surface area contributed by atoms with Gasteiger partial charge < -0.3 is 15.5 Å². The number of thioether (sulfide) groups is 1. The molecular formula is C16H19N5S. The maximum atomic E-state index is 6.09. The molecule has 2 aromatic rings. The first-order chi connectivity index (χ1) is 10.8. The van der Waals surface area contributed by atoms with Crippen molar-refractivity contribution in [2.24, 2.45) is 0 Å². The number of rotatable bonds is 2. The first-order valence-corrected chi connectivity index (χ1v) is 8.64. The molecule has 0 aliphatic carbocycles. The van der Waals surface area contributed by atoms with Crippen LogP contribution in [0.5, 0.6) is 0 Å². The second-order valence-electron chi connectivity index (χ2n) is 5.59. The lowest BCUT2D eigenvalue weighted by atomic mass is 10.2. The number of nitrogen functional groups attached to an aromatic ring is 1. The number of para-hydroxylation sites is 1. The highest BCUT2D eigenvalue weighted by Crippen LogP contribution is 2.35. The summed E-state index contributed by atoms with van der Waals surface area (Å²) in [6, 6.07) is 10.6. The Morgan fingerprint density at radius 2 is 1.68 bits per heavy atom. The number of hydrogen-bond donors (Lipinski definition) is 1. The number of piperazine rings is 1. The summed E-state index contributed by atoms with van der Waals surface area (Å²) in [5.74, 6) is 2.51. The van der Waals surface area contributed by atoms with E-state index in [9.17, 15) is 0 Å². The quantitative estimate of drug-likeness (QED) is 0.915. The Morgan fingerprint density at radius 1 is 0.955 bits per heavy atom. The maximum Gasteiger partial charge on any atom is 0.227 e. The van der Waals surface area contributed by atoms with E-state index in [0.29, 0.717) is 5.82 Å². The Kier molecular flexibility index (Phi) is 3.54. The minimum absolute atomic E-state index is 0.646. The number of hydrogen-bond acceptors (Lipinski definition) is 6. The summed E-state index contributed by atoms with van der Waals surface area (Å²) in [5, 5.41) is 0. The molecule has 2 aliphatic heterocycles. The molecule has 0 unspecified atom stereocenters. The van der Waals surface area contributed by atoms with Crippen LogP contribution in [0.25, 0.3) is 0 Å². The van der Waals surface area contributed by atoms with Gasteiger partial charge in [-0.25, -0.2) is 4.98 Å². The Balaban J connectivity index is 1.49. The van der Waals surface area contributed by atoms with Crippen LogP contribution < -0.4 is 15.5 Å². The Bertz CT molecular complexity index is 668. The van der Waals surface area contributed by atoms with Crippen LogP contribution in [-0.2, 0) is 6.42 Å². The van der Waals surface area contributed by atoms with Crippen molar-refractivity contribution >= 4 is 29.2 Å². The molecule has 2 aliphatic rings.